The molecular weight excluding hydrogens is 378 g/mol. The minimum Gasteiger partial charge on any atom is -0.377 e. The number of benzene rings is 2. The Balaban J connectivity index is 1.65. The van der Waals surface area contributed by atoms with Crippen LogP contribution in [0.15, 0.2) is 47.4 Å². The number of halogens is 2. The maximum absolute atomic E-state index is 13.6. The zero-order valence-corrected chi connectivity index (χ0v) is 15.1. The summed E-state index contributed by atoms with van der Waals surface area (Å²) in [6.45, 7) is 0.819. The van der Waals surface area contributed by atoms with Crippen molar-refractivity contribution in [2.45, 2.75) is 23.8 Å². The second kappa shape index (κ2) is 8.12. The highest BCUT2D eigenvalue weighted by molar-refractivity contribution is 7.89. The predicted octanol–water partition coefficient (Wildman–Crippen LogP) is 2.67. The van der Waals surface area contributed by atoms with Crippen LogP contribution in [-0.2, 0) is 14.8 Å². The zero-order valence-electron chi connectivity index (χ0n) is 14.2. The summed E-state index contributed by atoms with van der Waals surface area (Å²) >= 11 is 0. The fraction of sp³-hybridized carbons (Fsp3) is 0.278. The molecule has 1 amide bonds. The van der Waals surface area contributed by atoms with Crippen LogP contribution in [0, 0.1) is 11.6 Å². The Morgan fingerprint density at radius 1 is 1.15 bits per heavy atom. The van der Waals surface area contributed by atoms with Gasteiger partial charge in [0.25, 0.3) is 5.91 Å². The van der Waals surface area contributed by atoms with E-state index in [1.807, 2.05) is 0 Å². The van der Waals surface area contributed by atoms with Crippen LogP contribution in [0.25, 0.3) is 0 Å². The number of hydrogen-bond acceptors (Lipinski definition) is 4. The number of anilines is 1. The van der Waals surface area contributed by atoms with Gasteiger partial charge in [-0.25, -0.2) is 21.9 Å². The van der Waals surface area contributed by atoms with Crippen LogP contribution in [0.1, 0.15) is 23.2 Å². The van der Waals surface area contributed by atoms with Gasteiger partial charge in [-0.3, -0.25) is 4.79 Å². The molecule has 1 saturated heterocycles. The molecule has 1 heterocycles. The van der Waals surface area contributed by atoms with E-state index in [-0.39, 0.29) is 28.8 Å². The van der Waals surface area contributed by atoms with Gasteiger partial charge in [-0.05, 0) is 49.2 Å². The maximum atomic E-state index is 13.6. The molecule has 0 spiro atoms. The zero-order chi connectivity index (χ0) is 19.4. The molecule has 6 nitrogen and oxygen atoms in total. The van der Waals surface area contributed by atoms with Gasteiger partial charge in [0.1, 0.15) is 11.6 Å². The van der Waals surface area contributed by atoms with Crippen LogP contribution < -0.4 is 10.0 Å². The van der Waals surface area contributed by atoms with E-state index in [4.69, 9.17) is 4.74 Å². The minimum absolute atomic E-state index is 0.00464. The average molecular weight is 396 g/mol. The summed E-state index contributed by atoms with van der Waals surface area (Å²) in [6, 6.07) is 7.99. The predicted molar refractivity (Wildman–Crippen MR) is 94.9 cm³/mol. The fourth-order valence-corrected chi connectivity index (χ4v) is 3.73. The second-order valence-electron chi connectivity index (χ2n) is 6.09. The molecule has 9 heteroatoms. The van der Waals surface area contributed by atoms with Gasteiger partial charge >= 0.3 is 0 Å². The van der Waals surface area contributed by atoms with Crippen LogP contribution in [0.4, 0.5) is 14.5 Å². The minimum atomic E-state index is -3.72. The van der Waals surface area contributed by atoms with Crippen molar-refractivity contribution in [3.63, 3.8) is 0 Å². The number of ether oxygens (including phenoxy) is 1. The quantitative estimate of drug-likeness (QED) is 0.786. The van der Waals surface area contributed by atoms with Crippen LogP contribution in [0.2, 0.25) is 0 Å². The molecule has 1 aliphatic heterocycles. The van der Waals surface area contributed by atoms with Crippen molar-refractivity contribution in [1.82, 2.24) is 4.72 Å². The maximum Gasteiger partial charge on any atom is 0.255 e. The van der Waals surface area contributed by atoms with Crippen LogP contribution in [0.3, 0.4) is 0 Å². The van der Waals surface area contributed by atoms with Gasteiger partial charge < -0.3 is 10.1 Å². The third-order valence-corrected chi connectivity index (χ3v) is 5.57. The largest absolute Gasteiger partial charge is 0.377 e. The lowest BCUT2D eigenvalue weighted by Crippen LogP contribution is -2.31. The first-order chi connectivity index (χ1) is 12.8. The Morgan fingerprint density at radius 3 is 2.52 bits per heavy atom. The molecule has 0 saturated carbocycles. The molecular formula is C18H18F2N2O4S. The van der Waals surface area contributed by atoms with Gasteiger partial charge in [0.2, 0.25) is 10.0 Å². The number of amides is 1. The average Bonchev–Trinajstić information content (AvgIpc) is 3.16. The van der Waals surface area contributed by atoms with Crippen LogP contribution >= 0.6 is 0 Å². The Labute approximate surface area is 155 Å². The molecule has 2 N–H and O–H groups in total. The molecule has 0 aliphatic carbocycles. The number of sulfonamides is 1. The molecule has 2 aromatic carbocycles. The molecule has 1 aliphatic rings. The monoisotopic (exact) mass is 396 g/mol. The normalized spacial score (nSPS) is 17.0. The molecule has 27 heavy (non-hydrogen) atoms. The molecule has 2 aromatic rings. The van der Waals surface area contributed by atoms with Crippen LogP contribution in [0.5, 0.6) is 0 Å². The summed E-state index contributed by atoms with van der Waals surface area (Å²) in [6.07, 6.45) is 1.59. The summed E-state index contributed by atoms with van der Waals surface area (Å²) in [5.74, 6) is -2.30. The van der Waals surface area contributed by atoms with Gasteiger partial charge in [-0.15, -0.1) is 0 Å². The van der Waals surface area contributed by atoms with Crippen molar-refractivity contribution in [1.29, 1.82) is 0 Å². The molecule has 0 unspecified atom stereocenters. The Morgan fingerprint density at radius 2 is 1.89 bits per heavy atom. The number of rotatable bonds is 6. The molecule has 0 aromatic heterocycles. The first-order valence-corrected chi connectivity index (χ1v) is 9.81. The van der Waals surface area contributed by atoms with Crippen molar-refractivity contribution in [3.05, 3.63) is 59.7 Å². The van der Waals surface area contributed by atoms with E-state index < -0.39 is 27.6 Å². The van der Waals surface area contributed by atoms with Gasteiger partial charge in [-0.2, -0.15) is 0 Å². The summed E-state index contributed by atoms with van der Waals surface area (Å²) in [7, 11) is -3.72. The van der Waals surface area contributed by atoms with Crippen molar-refractivity contribution in [3.8, 4) is 0 Å². The molecule has 1 atom stereocenters. The van der Waals surface area contributed by atoms with E-state index in [2.05, 4.69) is 10.0 Å². The molecule has 0 bridgehead atoms. The lowest BCUT2D eigenvalue weighted by Gasteiger charge is -2.12. The standard InChI is InChI=1S/C18H18F2N2O4S/c19-13-5-8-17(16(20)10-13)22-18(23)12-3-6-15(7-4-12)27(24,25)21-11-14-2-1-9-26-14/h3-8,10,14,21H,1-2,9,11H2,(H,22,23)/t14-/m0/s1. The lowest BCUT2D eigenvalue weighted by molar-refractivity contribution is 0.102. The number of carbonyl (C=O) groups excluding carboxylic acids is 1. The van der Waals surface area contributed by atoms with Crippen molar-refractivity contribution in [2.24, 2.45) is 0 Å². The molecule has 3 rings (SSSR count). The van der Waals surface area contributed by atoms with E-state index in [9.17, 15) is 22.0 Å². The topological polar surface area (TPSA) is 84.5 Å². The number of nitrogens with one attached hydrogen (secondary N) is 2. The molecule has 144 valence electrons. The fourth-order valence-electron chi connectivity index (χ4n) is 2.66. The smallest absolute Gasteiger partial charge is 0.255 e. The Bertz CT molecular complexity index is 927. The van der Waals surface area contributed by atoms with Gasteiger partial charge in [-0.1, -0.05) is 0 Å². The summed E-state index contributed by atoms with van der Waals surface area (Å²) in [5.41, 5.74) is -0.0341. The van der Waals surface area contributed by atoms with E-state index >= 15 is 0 Å². The van der Waals surface area contributed by atoms with E-state index in [0.29, 0.717) is 12.7 Å². The van der Waals surface area contributed by atoms with Crippen molar-refractivity contribution in [2.75, 3.05) is 18.5 Å². The number of carbonyl (C=O) groups is 1. The summed E-state index contributed by atoms with van der Waals surface area (Å²) in [5, 5.41) is 2.31. The van der Waals surface area contributed by atoms with Gasteiger partial charge in [0.15, 0.2) is 0 Å². The first-order valence-electron chi connectivity index (χ1n) is 8.33. The highest BCUT2D eigenvalue weighted by Gasteiger charge is 2.20. The Hall–Kier alpha value is -2.36. The number of hydrogen-bond donors (Lipinski definition) is 2. The van der Waals surface area contributed by atoms with Gasteiger partial charge in [0, 0.05) is 24.8 Å². The second-order valence-corrected chi connectivity index (χ2v) is 7.86. The third-order valence-electron chi connectivity index (χ3n) is 4.13. The third kappa shape index (κ3) is 4.88. The first kappa shape index (κ1) is 19.4. The summed E-state index contributed by atoms with van der Waals surface area (Å²) in [4.78, 5) is 12.2. The van der Waals surface area contributed by atoms with Gasteiger partial charge in [0.05, 0.1) is 16.7 Å². The summed E-state index contributed by atoms with van der Waals surface area (Å²) < 4.78 is 58.9. The highest BCUT2D eigenvalue weighted by Crippen LogP contribution is 2.18. The van der Waals surface area contributed by atoms with Crippen LogP contribution in [-0.4, -0.2) is 33.6 Å². The van der Waals surface area contributed by atoms with Crippen molar-refractivity contribution < 1.29 is 26.7 Å². The van der Waals surface area contributed by atoms with E-state index in [1.54, 1.807) is 0 Å². The van der Waals surface area contributed by atoms with Crippen molar-refractivity contribution >= 4 is 21.6 Å². The highest BCUT2D eigenvalue weighted by atomic mass is 32.2. The lowest BCUT2D eigenvalue weighted by atomic mass is 10.2. The molecule has 0 radical (unpaired) electrons. The van der Waals surface area contributed by atoms with E-state index in [1.165, 1.54) is 24.3 Å². The van der Waals surface area contributed by atoms with E-state index in [0.717, 1.165) is 25.0 Å². The Kier molecular flexibility index (Phi) is 5.83. The molecule has 1 fully saturated rings. The SMILES string of the molecule is O=C(Nc1ccc(F)cc1F)c1ccc(S(=O)(=O)NC[C@@H]2CCCO2)cc1.